The van der Waals surface area contributed by atoms with Gasteiger partial charge in [0.2, 0.25) is 5.91 Å². The Morgan fingerprint density at radius 1 is 1.08 bits per heavy atom. The van der Waals surface area contributed by atoms with Crippen LogP contribution in [0.5, 0.6) is 0 Å². The van der Waals surface area contributed by atoms with E-state index in [2.05, 4.69) is 0 Å². The van der Waals surface area contributed by atoms with Crippen molar-refractivity contribution in [2.24, 2.45) is 5.92 Å². The van der Waals surface area contributed by atoms with Crippen LogP contribution in [0, 0.1) is 12.8 Å². The van der Waals surface area contributed by atoms with Crippen molar-refractivity contribution in [3.63, 3.8) is 0 Å². The predicted molar refractivity (Wildman–Crippen MR) is 97.0 cm³/mol. The van der Waals surface area contributed by atoms with E-state index in [-0.39, 0.29) is 17.7 Å². The van der Waals surface area contributed by atoms with Gasteiger partial charge in [0.1, 0.15) is 5.58 Å². The second kappa shape index (κ2) is 7.11. The number of carbonyl (C=O) groups is 2. The van der Waals surface area contributed by atoms with E-state index >= 15 is 0 Å². The zero-order chi connectivity index (χ0) is 18.1. The SMILES string of the molecule is Cc1c(C(=O)N2CCCC(C(=O)N3CCOCC3)C2)oc2ccccc12. The summed E-state index contributed by atoms with van der Waals surface area (Å²) in [5.74, 6) is 0.298. The molecular formula is C20H24N2O4. The van der Waals surface area contributed by atoms with Crippen molar-refractivity contribution in [1.82, 2.24) is 9.80 Å². The van der Waals surface area contributed by atoms with Crippen LogP contribution >= 0.6 is 0 Å². The average Bonchev–Trinajstić information content (AvgIpc) is 3.04. The van der Waals surface area contributed by atoms with Crippen molar-refractivity contribution in [3.05, 3.63) is 35.6 Å². The maximum absolute atomic E-state index is 13.0. The molecule has 3 heterocycles. The van der Waals surface area contributed by atoms with Crippen molar-refractivity contribution in [3.8, 4) is 0 Å². The van der Waals surface area contributed by atoms with Crippen molar-refractivity contribution in [2.45, 2.75) is 19.8 Å². The van der Waals surface area contributed by atoms with Gasteiger partial charge in [-0.2, -0.15) is 0 Å². The van der Waals surface area contributed by atoms with Crippen molar-refractivity contribution < 1.29 is 18.7 Å². The number of ether oxygens (including phenoxy) is 1. The maximum atomic E-state index is 13.0. The van der Waals surface area contributed by atoms with Crippen LogP contribution < -0.4 is 0 Å². The Labute approximate surface area is 152 Å². The predicted octanol–water partition coefficient (Wildman–Crippen LogP) is 2.45. The number of aryl methyl sites for hydroxylation is 1. The molecule has 26 heavy (non-hydrogen) atoms. The molecule has 6 nitrogen and oxygen atoms in total. The Hall–Kier alpha value is -2.34. The molecule has 0 spiro atoms. The van der Waals surface area contributed by atoms with E-state index in [0.29, 0.717) is 45.2 Å². The number of amides is 2. The number of nitrogens with zero attached hydrogens (tertiary/aromatic N) is 2. The smallest absolute Gasteiger partial charge is 0.289 e. The number of hydrogen-bond donors (Lipinski definition) is 0. The number of morpholine rings is 1. The lowest BCUT2D eigenvalue weighted by Gasteiger charge is -2.36. The number of piperidine rings is 1. The number of carbonyl (C=O) groups excluding carboxylic acids is 2. The van der Waals surface area contributed by atoms with E-state index in [9.17, 15) is 9.59 Å². The second-order valence-electron chi connectivity index (χ2n) is 7.08. The molecule has 138 valence electrons. The Bertz CT molecular complexity index is 822. The summed E-state index contributed by atoms with van der Waals surface area (Å²) in [5.41, 5.74) is 1.60. The molecule has 2 saturated heterocycles. The van der Waals surface area contributed by atoms with Crippen LogP contribution in [-0.2, 0) is 9.53 Å². The first-order valence-electron chi connectivity index (χ1n) is 9.29. The molecule has 4 rings (SSSR count). The zero-order valence-electron chi connectivity index (χ0n) is 15.1. The molecule has 1 atom stereocenters. The molecule has 2 amide bonds. The molecule has 2 fully saturated rings. The van der Waals surface area contributed by atoms with Crippen molar-refractivity contribution in [2.75, 3.05) is 39.4 Å². The molecule has 1 aromatic heterocycles. The van der Waals surface area contributed by atoms with Gasteiger partial charge in [-0.05, 0) is 25.8 Å². The van der Waals surface area contributed by atoms with E-state index in [1.807, 2.05) is 36.1 Å². The quantitative estimate of drug-likeness (QED) is 0.829. The zero-order valence-corrected chi connectivity index (χ0v) is 15.1. The fourth-order valence-corrected chi connectivity index (χ4v) is 3.93. The number of likely N-dealkylation sites (tertiary alicyclic amines) is 1. The normalized spacial score (nSPS) is 21.2. The maximum Gasteiger partial charge on any atom is 0.289 e. The van der Waals surface area contributed by atoms with Gasteiger partial charge in [0.15, 0.2) is 5.76 Å². The highest BCUT2D eigenvalue weighted by molar-refractivity contribution is 5.99. The molecule has 0 N–H and O–H groups in total. The first-order valence-corrected chi connectivity index (χ1v) is 9.29. The van der Waals surface area contributed by atoms with Crippen LogP contribution in [0.4, 0.5) is 0 Å². The lowest BCUT2D eigenvalue weighted by Crippen LogP contribution is -2.49. The fraction of sp³-hybridized carbons (Fsp3) is 0.500. The minimum Gasteiger partial charge on any atom is -0.451 e. The van der Waals surface area contributed by atoms with Crippen LogP contribution in [0.3, 0.4) is 0 Å². The number of para-hydroxylation sites is 1. The standard InChI is InChI=1S/C20H24N2O4/c1-14-16-6-2-3-7-17(16)26-18(14)20(24)22-8-4-5-15(13-22)19(23)21-9-11-25-12-10-21/h2-3,6-7,15H,4-5,8-13H2,1H3. The summed E-state index contributed by atoms with van der Waals surface area (Å²) in [4.78, 5) is 29.4. The molecule has 6 heteroatoms. The third-order valence-corrected chi connectivity index (χ3v) is 5.42. The Morgan fingerprint density at radius 2 is 1.85 bits per heavy atom. The van der Waals surface area contributed by atoms with Gasteiger partial charge in [0.25, 0.3) is 5.91 Å². The molecule has 1 aromatic carbocycles. The summed E-state index contributed by atoms with van der Waals surface area (Å²) in [6.45, 7) is 5.53. The highest BCUT2D eigenvalue weighted by atomic mass is 16.5. The number of fused-ring (bicyclic) bond motifs is 1. The van der Waals surface area contributed by atoms with Crippen molar-refractivity contribution in [1.29, 1.82) is 0 Å². The van der Waals surface area contributed by atoms with Crippen LogP contribution in [0.25, 0.3) is 11.0 Å². The molecule has 1 unspecified atom stereocenters. The summed E-state index contributed by atoms with van der Waals surface area (Å²) in [6, 6.07) is 7.68. The Morgan fingerprint density at radius 3 is 2.62 bits per heavy atom. The highest BCUT2D eigenvalue weighted by Crippen LogP contribution is 2.28. The summed E-state index contributed by atoms with van der Waals surface area (Å²) >= 11 is 0. The van der Waals surface area contributed by atoms with E-state index in [0.717, 1.165) is 29.4 Å². The van der Waals surface area contributed by atoms with Gasteiger partial charge in [-0.1, -0.05) is 18.2 Å². The van der Waals surface area contributed by atoms with Gasteiger partial charge >= 0.3 is 0 Å². The summed E-state index contributed by atoms with van der Waals surface area (Å²) in [5, 5.41) is 0.966. The molecule has 0 saturated carbocycles. The van der Waals surface area contributed by atoms with Gasteiger partial charge in [0.05, 0.1) is 19.1 Å². The van der Waals surface area contributed by atoms with E-state index in [1.165, 1.54) is 0 Å². The Kier molecular flexibility index (Phi) is 4.68. The topological polar surface area (TPSA) is 63.0 Å². The average molecular weight is 356 g/mol. The van der Waals surface area contributed by atoms with Gasteiger partial charge in [-0.3, -0.25) is 9.59 Å². The monoisotopic (exact) mass is 356 g/mol. The minimum absolute atomic E-state index is 0.113. The van der Waals surface area contributed by atoms with Crippen LogP contribution in [0.2, 0.25) is 0 Å². The number of rotatable bonds is 2. The minimum atomic E-state index is -0.129. The molecule has 0 radical (unpaired) electrons. The number of furan rings is 1. The van der Waals surface area contributed by atoms with Crippen molar-refractivity contribution >= 4 is 22.8 Å². The van der Waals surface area contributed by atoms with E-state index in [1.54, 1.807) is 4.90 Å². The molecule has 2 aromatic rings. The summed E-state index contributed by atoms with van der Waals surface area (Å²) in [7, 11) is 0. The van der Waals surface area contributed by atoms with Crippen LogP contribution in [0.1, 0.15) is 29.0 Å². The molecule has 0 aliphatic carbocycles. The highest BCUT2D eigenvalue weighted by Gasteiger charge is 2.33. The first-order chi connectivity index (χ1) is 12.6. The third kappa shape index (κ3) is 3.09. The first kappa shape index (κ1) is 17.1. The van der Waals surface area contributed by atoms with Gasteiger partial charge in [-0.15, -0.1) is 0 Å². The van der Waals surface area contributed by atoms with E-state index < -0.39 is 0 Å². The van der Waals surface area contributed by atoms with Gasteiger partial charge < -0.3 is 19.0 Å². The lowest BCUT2D eigenvalue weighted by atomic mass is 9.96. The number of hydrogen-bond acceptors (Lipinski definition) is 4. The summed E-state index contributed by atoms with van der Waals surface area (Å²) < 4.78 is 11.1. The van der Waals surface area contributed by atoms with Gasteiger partial charge in [-0.25, -0.2) is 0 Å². The molecule has 2 aliphatic rings. The molecule has 2 aliphatic heterocycles. The van der Waals surface area contributed by atoms with E-state index in [4.69, 9.17) is 9.15 Å². The fourth-order valence-electron chi connectivity index (χ4n) is 3.93. The van der Waals surface area contributed by atoms with Gasteiger partial charge in [0, 0.05) is 37.1 Å². The largest absolute Gasteiger partial charge is 0.451 e. The van der Waals surface area contributed by atoms with Crippen LogP contribution in [-0.4, -0.2) is 61.0 Å². The molecule has 0 bridgehead atoms. The van der Waals surface area contributed by atoms with Crippen LogP contribution in [0.15, 0.2) is 28.7 Å². The lowest BCUT2D eigenvalue weighted by molar-refractivity contribution is -0.141. The Balaban J connectivity index is 1.50. The third-order valence-electron chi connectivity index (χ3n) is 5.42. The molecular weight excluding hydrogens is 332 g/mol. The second-order valence-corrected chi connectivity index (χ2v) is 7.08. The number of benzene rings is 1. The summed E-state index contributed by atoms with van der Waals surface area (Å²) in [6.07, 6.45) is 1.67.